The number of piperidine rings is 1. The summed E-state index contributed by atoms with van der Waals surface area (Å²) >= 11 is 0. The molecule has 0 saturated carbocycles. The Morgan fingerprint density at radius 2 is 2.04 bits per heavy atom. The molecule has 2 aliphatic heterocycles. The maximum Gasteiger partial charge on any atom is 0.223 e. The van der Waals surface area contributed by atoms with Gasteiger partial charge in [-0.05, 0) is 57.7 Å². The molecule has 140 valence electrons. The van der Waals surface area contributed by atoms with Gasteiger partial charge in [-0.2, -0.15) is 0 Å². The molecule has 1 aromatic heterocycles. The summed E-state index contributed by atoms with van der Waals surface area (Å²) < 4.78 is 5.46. The second-order valence-electron chi connectivity index (χ2n) is 8.04. The molecule has 1 atom stereocenters. The van der Waals surface area contributed by atoms with Crippen LogP contribution in [-0.2, 0) is 4.79 Å². The van der Waals surface area contributed by atoms with Gasteiger partial charge in [0.25, 0.3) is 0 Å². The lowest BCUT2D eigenvalue weighted by atomic mass is 9.92. The highest BCUT2D eigenvalue weighted by Crippen LogP contribution is 2.34. The van der Waals surface area contributed by atoms with Crippen LogP contribution in [0.1, 0.15) is 82.7 Å². The zero-order chi connectivity index (χ0) is 17.8. The van der Waals surface area contributed by atoms with Crippen LogP contribution >= 0.6 is 0 Å². The summed E-state index contributed by atoms with van der Waals surface area (Å²) in [7, 11) is 0. The molecule has 25 heavy (non-hydrogen) atoms. The number of likely N-dealkylation sites (tertiary alicyclic amines) is 2. The van der Waals surface area contributed by atoms with E-state index >= 15 is 0 Å². The number of rotatable bonds is 6. The molecule has 0 unspecified atom stereocenters. The Labute approximate surface area is 151 Å². The SMILES string of the molecule is CCCN1CCC(CC(=O)N2CCC[C@@H]2c2cc(C(C)C)on2)CC1. The largest absolute Gasteiger partial charge is 0.361 e. The first-order valence-corrected chi connectivity index (χ1v) is 10.1. The number of hydrogen-bond donors (Lipinski definition) is 0. The highest BCUT2D eigenvalue weighted by molar-refractivity contribution is 5.77. The number of carbonyl (C=O) groups is 1. The molecule has 3 rings (SSSR count). The van der Waals surface area contributed by atoms with E-state index in [1.165, 1.54) is 13.0 Å². The Morgan fingerprint density at radius 3 is 2.68 bits per heavy atom. The summed E-state index contributed by atoms with van der Waals surface area (Å²) in [5.41, 5.74) is 0.937. The topological polar surface area (TPSA) is 49.6 Å². The van der Waals surface area contributed by atoms with Gasteiger partial charge < -0.3 is 14.3 Å². The number of aromatic nitrogens is 1. The molecule has 1 amide bonds. The van der Waals surface area contributed by atoms with E-state index in [9.17, 15) is 4.79 Å². The molecule has 0 radical (unpaired) electrons. The van der Waals surface area contributed by atoms with Crippen molar-refractivity contribution in [1.82, 2.24) is 15.0 Å². The maximum atomic E-state index is 12.9. The fourth-order valence-electron chi connectivity index (χ4n) is 4.20. The summed E-state index contributed by atoms with van der Waals surface area (Å²) in [5.74, 6) is 2.11. The molecular formula is C20H33N3O2. The van der Waals surface area contributed by atoms with Gasteiger partial charge in [0.1, 0.15) is 11.5 Å². The van der Waals surface area contributed by atoms with Crippen LogP contribution in [0.25, 0.3) is 0 Å². The summed E-state index contributed by atoms with van der Waals surface area (Å²) in [6, 6.07) is 2.16. The van der Waals surface area contributed by atoms with Crippen LogP contribution in [0.4, 0.5) is 0 Å². The first kappa shape index (κ1) is 18.4. The van der Waals surface area contributed by atoms with Gasteiger partial charge >= 0.3 is 0 Å². The molecule has 0 N–H and O–H groups in total. The van der Waals surface area contributed by atoms with Crippen LogP contribution in [-0.4, -0.2) is 47.0 Å². The van der Waals surface area contributed by atoms with Gasteiger partial charge in [0.05, 0.1) is 6.04 Å². The van der Waals surface area contributed by atoms with Crippen molar-refractivity contribution >= 4 is 5.91 Å². The van der Waals surface area contributed by atoms with Crippen molar-refractivity contribution in [3.63, 3.8) is 0 Å². The fraction of sp³-hybridized carbons (Fsp3) is 0.800. The quantitative estimate of drug-likeness (QED) is 0.781. The molecule has 3 heterocycles. The second kappa shape index (κ2) is 8.35. The van der Waals surface area contributed by atoms with Crippen molar-refractivity contribution < 1.29 is 9.32 Å². The van der Waals surface area contributed by atoms with E-state index in [0.29, 0.717) is 24.2 Å². The normalized spacial score (nSPS) is 22.9. The monoisotopic (exact) mass is 347 g/mol. The first-order chi connectivity index (χ1) is 12.1. The Hall–Kier alpha value is -1.36. The fourth-order valence-corrected chi connectivity index (χ4v) is 4.20. The van der Waals surface area contributed by atoms with E-state index in [2.05, 4.69) is 35.7 Å². The van der Waals surface area contributed by atoms with Crippen molar-refractivity contribution in [3.8, 4) is 0 Å². The molecule has 1 aromatic rings. The summed E-state index contributed by atoms with van der Waals surface area (Å²) in [6.45, 7) is 10.8. The van der Waals surface area contributed by atoms with Gasteiger partial charge in [0.15, 0.2) is 0 Å². The van der Waals surface area contributed by atoms with E-state index in [4.69, 9.17) is 4.52 Å². The molecule has 0 bridgehead atoms. The summed E-state index contributed by atoms with van der Waals surface area (Å²) in [6.07, 6.45) is 6.30. The van der Waals surface area contributed by atoms with Crippen LogP contribution < -0.4 is 0 Å². The van der Waals surface area contributed by atoms with E-state index in [1.807, 2.05) is 6.07 Å². The van der Waals surface area contributed by atoms with Crippen molar-refractivity contribution in [2.24, 2.45) is 5.92 Å². The molecular weight excluding hydrogens is 314 g/mol. The van der Waals surface area contributed by atoms with Gasteiger partial charge in [-0.15, -0.1) is 0 Å². The van der Waals surface area contributed by atoms with Gasteiger partial charge in [0.2, 0.25) is 5.91 Å². The third-order valence-electron chi connectivity index (χ3n) is 5.74. The van der Waals surface area contributed by atoms with Crippen molar-refractivity contribution in [3.05, 3.63) is 17.5 Å². The van der Waals surface area contributed by atoms with Gasteiger partial charge in [-0.25, -0.2) is 0 Å². The Bertz CT molecular complexity index is 561. The number of nitrogens with zero attached hydrogens (tertiary/aromatic N) is 3. The van der Waals surface area contributed by atoms with Crippen molar-refractivity contribution in [1.29, 1.82) is 0 Å². The second-order valence-corrected chi connectivity index (χ2v) is 8.04. The molecule has 0 aromatic carbocycles. The van der Waals surface area contributed by atoms with Crippen molar-refractivity contribution in [2.75, 3.05) is 26.2 Å². The molecule has 5 nitrogen and oxygen atoms in total. The van der Waals surface area contributed by atoms with Crippen LogP contribution in [0.5, 0.6) is 0 Å². The van der Waals surface area contributed by atoms with E-state index < -0.39 is 0 Å². The summed E-state index contributed by atoms with van der Waals surface area (Å²) in [5, 5.41) is 4.25. The summed E-state index contributed by atoms with van der Waals surface area (Å²) in [4.78, 5) is 17.5. The zero-order valence-electron chi connectivity index (χ0n) is 16.0. The predicted octanol–water partition coefficient (Wildman–Crippen LogP) is 3.97. The van der Waals surface area contributed by atoms with Crippen LogP contribution in [0.2, 0.25) is 0 Å². The Morgan fingerprint density at radius 1 is 1.28 bits per heavy atom. The van der Waals surface area contributed by atoms with E-state index in [-0.39, 0.29) is 6.04 Å². The van der Waals surface area contributed by atoms with E-state index in [1.54, 1.807) is 0 Å². The smallest absolute Gasteiger partial charge is 0.223 e. The lowest BCUT2D eigenvalue weighted by molar-refractivity contribution is -0.133. The highest BCUT2D eigenvalue weighted by atomic mass is 16.5. The van der Waals surface area contributed by atoms with Gasteiger partial charge in [0, 0.05) is 24.9 Å². The minimum atomic E-state index is 0.115. The minimum absolute atomic E-state index is 0.115. The lowest BCUT2D eigenvalue weighted by Gasteiger charge is -2.32. The molecule has 0 spiro atoms. The lowest BCUT2D eigenvalue weighted by Crippen LogP contribution is -2.37. The molecule has 2 aliphatic rings. The maximum absolute atomic E-state index is 12.9. The average molecular weight is 348 g/mol. The predicted molar refractivity (Wildman–Crippen MR) is 98.4 cm³/mol. The first-order valence-electron chi connectivity index (χ1n) is 10.1. The highest BCUT2D eigenvalue weighted by Gasteiger charge is 2.33. The standard InChI is InChI=1S/C20H33N3O2/c1-4-9-22-11-7-16(8-12-22)13-20(24)23-10-5-6-18(23)17-14-19(15(2)3)25-21-17/h14-16,18H,4-13H2,1-3H3/t18-/m1/s1. The molecule has 5 heteroatoms. The van der Waals surface area contributed by atoms with Crippen LogP contribution in [0.15, 0.2) is 10.6 Å². The Balaban J connectivity index is 1.56. The number of carbonyl (C=O) groups excluding carboxylic acids is 1. The minimum Gasteiger partial charge on any atom is -0.361 e. The number of amides is 1. The van der Waals surface area contributed by atoms with E-state index in [0.717, 1.165) is 56.8 Å². The average Bonchev–Trinajstić information content (AvgIpc) is 3.25. The third kappa shape index (κ3) is 4.43. The van der Waals surface area contributed by atoms with Crippen molar-refractivity contribution in [2.45, 2.75) is 71.3 Å². The zero-order valence-corrected chi connectivity index (χ0v) is 16.0. The molecule has 0 aliphatic carbocycles. The third-order valence-corrected chi connectivity index (χ3v) is 5.74. The number of hydrogen-bond acceptors (Lipinski definition) is 4. The molecule has 2 saturated heterocycles. The van der Waals surface area contributed by atoms with Crippen LogP contribution in [0.3, 0.4) is 0 Å². The van der Waals surface area contributed by atoms with Gasteiger partial charge in [-0.3, -0.25) is 4.79 Å². The van der Waals surface area contributed by atoms with Gasteiger partial charge in [-0.1, -0.05) is 25.9 Å². The molecule has 2 fully saturated rings. The van der Waals surface area contributed by atoms with Crippen LogP contribution in [0, 0.1) is 5.92 Å². The Kier molecular flexibility index (Phi) is 6.15.